The van der Waals surface area contributed by atoms with Crippen LogP contribution in [0.3, 0.4) is 0 Å². The molecule has 1 atom stereocenters. The first kappa shape index (κ1) is 26.7. The van der Waals surface area contributed by atoms with Crippen LogP contribution in [0.2, 0.25) is 0 Å². The fraction of sp³-hybridized carbons (Fsp3) is 0.520. The first-order valence-corrected chi connectivity index (χ1v) is 11.0. The Labute approximate surface area is 199 Å². The predicted octanol–water partition coefficient (Wildman–Crippen LogP) is 4.19. The van der Waals surface area contributed by atoms with Crippen molar-refractivity contribution >= 4 is 29.8 Å². The number of fused-ring (bicyclic) bond motifs is 1. The quantitative estimate of drug-likeness (QED) is 0.630. The Bertz CT molecular complexity index is 994. The van der Waals surface area contributed by atoms with E-state index >= 15 is 0 Å². The molecule has 1 unspecified atom stereocenters. The summed E-state index contributed by atoms with van der Waals surface area (Å²) < 4.78 is 10.6. The molecule has 0 bridgehead atoms. The van der Waals surface area contributed by atoms with Gasteiger partial charge in [-0.1, -0.05) is 17.9 Å². The van der Waals surface area contributed by atoms with E-state index in [0.29, 0.717) is 17.7 Å². The van der Waals surface area contributed by atoms with Gasteiger partial charge in [0.1, 0.15) is 11.2 Å². The molecule has 34 heavy (non-hydrogen) atoms. The third kappa shape index (κ3) is 8.43. The molecule has 0 spiro atoms. The van der Waals surface area contributed by atoms with Gasteiger partial charge in [-0.15, -0.1) is 0 Å². The van der Waals surface area contributed by atoms with E-state index in [1.165, 1.54) is 0 Å². The van der Waals surface area contributed by atoms with Crippen molar-refractivity contribution in [1.82, 2.24) is 4.90 Å². The number of nitrogens with one attached hydrogen (secondary N) is 1. The van der Waals surface area contributed by atoms with Gasteiger partial charge in [0.15, 0.2) is 0 Å². The van der Waals surface area contributed by atoms with E-state index in [1.807, 2.05) is 0 Å². The van der Waals surface area contributed by atoms with Crippen LogP contribution < -0.4 is 5.32 Å². The normalized spacial score (nSPS) is 15.2. The van der Waals surface area contributed by atoms with Gasteiger partial charge < -0.3 is 19.9 Å². The Morgan fingerprint density at radius 1 is 1.09 bits per heavy atom. The molecule has 1 heterocycles. The SMILES string of the molecule is CC(C)(C)OC(=O)N(CCC#Cc1ccc2c(c1)NC(=O)C(CC(=O)O)C2)C(=O)OC(C)(C)C. The van der Waals surface area contributed by atoms with Crippen molar-refractivity contribution in [1.29, 1.82) is 0 Å². The molecule has 9 nitrogen and oxygen atoms in total. The van der Waals surface area contributed by atoms with Gasteiger partial charge in [0, 0.05) is 24.2 Å². The number of hydrogen-bond acceptors (Lipinski definition) is 6. The first-order valence-electron chi connectivity index (χ1n) is 11.0. The molecule has 1 aliphatic rings. The molecule has 3 amide bonds. The molecular formula is C25H32N2O7. The topological polar surface area (TPSA) is 122 Å². The van der Waals surface area contributed by atoms with Crippen molar-refractivity contribution in [2.75, 3.05) is 11.9 Å². The minimum Gasteiger partial charge on any atom is -0.481 e. The van der Waals surface area contributed by atoms with E-state index in [9.17, 15) is 19.2 Å². The number of carbonyl (C=O) groups is 4. The van der Waals surface area contributed by atoms with E-state index in [0.717, 1.165) is 10.5 Å². The molecule has 1 aliphatic heterocycles. The smallest absolute Gasteiger partial charge is 0.419 e. The molecule has 1 aromatic carbocycles. The summed E-state index contributed by atoms with van der Waals surface area (Å²) in [6.07, 6.45) is -1.31. The second-order valence-corrected chi connectivity index (χ2v) is 10.0. The van der Waals surface area contributed by atoms with Crippen molar-refractivity contribution < 1.29 is 33.8 Å². The van der Waals surface area contributed by atoms with Crippen LogP contribution >= 0.6 is 0 Å². The summed E-state index contributed by atoms with van der Waals surface area (Å²) >= 11 is 0. The Morgan fingerprint density at radius 2 is 1.68 bits per heavy atom. The van der Waals surface area contributed by atoms with E-state index in [4.69, 9.17) is 14.6 Å². The molecule has 0 saturated heterocycles. The molecule has 1 aromatic rings. The summed E-state index contributed by atoms with van der Waals surface area (Å²) in [6, 6.07) is 5.30. The van der Waals surface area contributed by atoms with Gasteiger partial charge in [-0.3, -0.25) is 9.59 Å². The highest BCUT2D eigenvalue weighted by Gasteiger charge is 2.31. The minimum absolute atomic E-state index is 0.0185. The molecular weight excluding hydrogens is 440 g/mol. The fourth-order valence-electron chi connectivity index (χ4n) is 3.14. The number of nitrogens with zero attached hydrogens (tertiary/aromatic N) is 1. The highest BCUT2D eigenvalue weighted by atomic mass is 16.6. The van der Waals surface area contributed by atoms with Crippen molar-refractivity contribution in [3.05, 3.63) is 29.3 Å². The van der Waals surface area contributed by atoms with Crippen LogP contribution in [0.1, 0.15) is 65.5 Å². The number of benzene rings is 1. The number of carboxylic acid groups (broad SMARTS) is 1. The van der Waals surface area contributed by atoms with Crippen LogP contribution in [-0.2, 0) is 25.5 Å². The van der Waals surface area contributed by atoms with Crippen LogP contribution in [-0.4, -0.2) is 51.8 Å². The summed E-state index contributed by atoms with van der Waals surface area (Å²) in [5, 5.41) is 11.7. The number of ether oxygens (including phenoxy) is 2. The molecule has 0 saturated carbocycles. The minimum atomic E-state index is -1.02. The highest BCUT2D eigenvalue weighted by molar-refractivity contribution is 5.97. The van der Waals surface area contributed by atoms with Crippen molar-refractivity contribution in [3.63, 3.8) is 0 Å². The molecule has 2 rings (SSSR count). The monoisotopic (exact) mass is 472 g/mol. The number of carbonyl (C=O) groups excluding carboxylic acids is 3. The second kappa shape index (κ2) is 10.6. The molecule has 184 valence electrons. The number of hydrogen-bond donors (Lipinski definition) is 2. The zero-order chi connectivity index (χ0) is 25.7. The Kier molecular flexibility index (Phi) is 8.32. The van der Waals surface area contributed by atoms with Crippen LogP contribution in [0.25, 0.3) is 0 Å². The summed E-state index contributed by atoms with van der Waals surface area (Å²) in [7, 11) is 0. The second-order valence-electron chi connectivity index (χ2n) is 10.0. The first-order chi connectivity index (χ1) is 15.6. The molecule has 0 aliphatic carbocycles. The van der Waals surface area contributed by atoms with Crippen LogP contribution in [0, 0.1) is 17.8 Å². The largest absolute Gasteiger partial charge is 0.481 e. The number of anilines is 1. The summed E-state index contributed by atoms with van der Waals surface area (Å²) in [5.74, 6) is 3.93. The Hall–Kier alpha value is -3.54. The third-order valence-electron chi connectivity index (χ3n) is 4.55. The lowest BCUT2D eigenvalue weighted by atomic mass is 9.90. The Morgan fingerprint density at radius 3 is 2.21 bits per heavy atom. The van der Waals surface area contributed by atoms with Crippen LogP contribution in [0.5, 0.6) is 0 Å². The third-order valence-corrected chi connectivity index (χ3v) is 4.55. The summed E-state index contributed by atoms with van der Waals surface area (Å²) in [6.45, 7) is 10.2. The lowest BCUT2D eigenvalue weighted by Crippen LogP contribution is -2.44. The van der Waals surface area contributed by atoms with E-state index in [1.54, 1.807) is 59.7 Å². The van der Waals surface area contributed by atoms with Crippen molar-refractivity contribution in [2.45, 2.75) is 72.0 Å². The lowest BCUT2D eigenvalue weighted by molar-refractivity contribution is -0.140. The lowest BCUT2D eigenvalue weighted by Gasteiger charge is -2.28. The average Bonchev–Trinajstić information content (AvgIpc) is 2.65. The van der Waals surface area contributed by atoms with Gasteiger partial charge in [0.05, 0.1) is 12.3 Å². The van der Waals surface area contributed by atoms with Gasteiger partial charge in [-0.25, -0.2) is 14.5 Å². The van der Waals surface area contributed by atoms with Gasteiger partial charge in [0.2, 0.25) is 5.91 Å². The van der Waals surface area contributed by atoms with Crippen molar-refractivity contribution in [3.8, 4) is 11.8 Å². The molecule has 0 radical (unpaired) electrons. The summed E-state index contributed by atoms with van der Waals surface area (Å²) in [4.78, 5) is 49.0. The maximum absolute atomic E-state index is 12.5. The maximum Gasteiger partial charge on any atom is 0.419 e. The van der Waals surface area contributed by atoms with Gasteiger partial charge in [0.25, 0.3) is 0 Å². The highest BCUT2D eigenvalue weighted by Crippen LogP contribution is 2.28. The fourth-order valence-corrected chi connectivity index (χ4v) is 3.14. The number of carboxylic acids is 1. The van der Waals surface area contributed by atoms with Gasteiger partial charge in [-0.05, 0) is 65.7 Å². The zero-order valence-electron chi connectivity index (χ0n) is 20.5. The molecule has 0 fully saturated rings. The van der Waals surface area contributed by atoms with E-state index in [-0.39, 0.29) is 25.3 Å². The Balaban J connectivity index is 2.08. The number of amides is 3. The zero-order valence-corrected chi connectivity index (χ0v) is 20.5. The molecule has 9 heteroatoms. The average molecular weight is 473 g/mol. The van der Waals surface area contributed by atoms with Crippen molar-refractivity contribution in [2.24, 2.45) is 5.92 Å². The van der Waals surface area contributed by atoms with Gasteiger partial charge >= 0.3 is 18.2 Å². The number of aliphatic carboxylic acids is 1. The van der Waals surface area contributed by atoms with Gasteiger partial charge in [-0.2, -0.15) is 0 Å². The van der Waals surface area contributed by atoms with Crippen LogP contribution in [0.4, 0.5) is 15.3 Å². The van der Waals surface area contributed by atoms with E-state index < -0.39 is 35.3 Å². The standard InChI is InChI=1S/C25H32N2O7/c1-24(2,3)33-22(31)27(23(32)34-25(4,5)6)12-8-7-9-16-10-11-17-14-18(15-20(28)29)21(30)26-19(17)13-16/h10-11,13,18H,8,12,14-15H2,1-6H3,(H,26,30)(H,28,29). The summed E-state index contributed by atoms with van der Waals surface area (Å²) in [5.41, 5.74) is 0.525. The molecule has 0 aromatic heterocycles. The van der Waals surface area contributed by atoms with Crippen LogP contribution in [0.15, 0.2) is 18.2 Å². The number of imide groups is 1. The van der Waals surface area contributed by atoms with E-state index in [2.05, 4.69) is 17.2 Å². The predicted molar refractivity (Wildman–Crippen MR) is 125 cm³/mol. The molecule has 2 N–H and O–H groups in total. The number of rotatable bonds is 4. The maximum atomic E-state index is 12.5.